The number of halogens is 1. The van der Waals surface area contributed by atoms with Crippen molar-refractivity contribution in [1.82, 2.24) is 4.72 Å². The molecule has 0 aliphatic heterocycles. The lowest BCUT2D eigenvalue weighted by Gasteiger charge is -2.16. The smallest absolute Gasteiger partial charge is 0.243 e. The summed E-state index contributed by atoms with van der Waals surface area (Å²) < 4.78 is 28.3. The SMILES string of the molecule is Cc1ccccc1C(C)NS(=O)(=O)c1cc(CN)sc1Br. The average molecular weight is 389 g/mol. The monoisotopic (exact) mass is 388 g/mol. The molecule has 0 amide bonds. The Balaban J connectivity index is 2.29. The van der Waals surface area contributed by atoms with Crippen LogP contribution < -0.4 is 10.5 Å². The van der Waals surface area contributed by atoms with E-state index in [1.165, 1.54) is 11.3 Å². The summed E-state index contributed by atoms with van der Waals surface area (Å²) >= 11 is 4.64. The van der Waals surface area contributed by atoms with E-state index in [1.807, 2.05) is 38.1 Å². The maximum Gasteiger partial charge on any atom is 0.243 e. The van der Waals surface area contributed by atoms with E-state index < -0.39 is 10.0 Å². The average Bonchev–Trinajstić information content (AvgIpc) is 2.81. The van der Waals surface area contributed by atoms with Crippen LogP contribution in [0, 0.1) is 6.92 Å². The van der Waals surface area contributed by atoms with Crippen LogP contribution in [0.5, 0.6) is 0 Å². The largest absolute Gasteiger partial charge is 0.326 e. The molecule has 0 fully saturated rings. The predicted molar refractivity (Wildman–Crippen MR) is 89.8 cm³/mol. The Morgan fingerprint density at radius 3 is 2.62 bits per heavy atom. The van der Waals surface area contributed by atoms with Crippen LogP contribution in [0.3, 0.4) is 0 Å². The van der Waals surface area contributed by atoms with Gasteiger partial charge in [0.2, 0.25) is 10.0 Å². The van der Waals surface area contributed by atoms with Gasteiger partial charge in [0.15, 0.2) is 0 Å². The lowest BCUT2D eigenvalue weighted by atomic mass is 10.0. The number of hydrogen-bond acceptors (Lipinski definition) is 4. The van der Waals surface area contributed by atoms with E-state index in [2.05, 4.69) is 20.7 Å². The van der Waals surface area contributed by atoms with E-state index in [9.17, 15) is 8.42 Å². The minimum atomic E-state index is -3.59. The summed E-state index contributed by atoms with van der Waals surface area (Å²) in [6.45, 7) is 4.13. The zero-order valence-corrected chi connectivity index (χ0v) is 15.0. The van der Waals surface area contributed by atoms with Gasteiger partial charge in [0, 0.05) is 17.5 Å². The molecule has 4 nitrogen and oxygen atoms in total. The summed E-state index contributed by atoms with van der Waals surface area (Å²) in [4.78, 5) is 1.07. The summed E-state index contributed by atoms with van der Waals surface area (Å²) in [6.07, 6.45) is 0. The molecule has 0 bridgehead atoms. The summed E-state index contributed by atoms with van der Waals surface area (Å²) in [5.74, 6) is 0. The first-order valence-corrected chi connectivity index (χ1v) is 9.50. The number of sulfonamides is 1. The van der Waals surface area contributed by atoms with Crippen LogP contribution in [0.15, 0.2) is 39.0 Å². The van der Waals surface area contributed by atoms with Crippen LogP contribution in [-0.4, -0.2) is 8.42 Å². The number of benzene rings is 1. The van der Waals surface area contributed by atoms with Gasteiger partial charge < -0.3 is 5.73 Å². The zero-order valence-electron chi connectivity index (χ0n) is 11.8. The molecule has 0 aliphatic rings. The van der Waals surface area contributed by atoms with Gasteiger partial charge in [-0.2, -0.15) is 0 Å². The minimum absolute atomic E-state index is 0.244. The molecule has 0 spiro atoms. The second kappa shape index (κ2) is 6.58. The van der Waals surface area contributed by atoms with Gasteiger partial charge in [0.1, 0.15) is 4.90 Å². The lowest BCUT2D eigenvalue weighted by Crippen LogP contribution is -2.27. The Hall–Kier alpha value is -0.730. The quantitative estimate of drug-likeness (QED) is 0.824. The van der Waals surface area contributed by atoms with E-state index in [4.69, 9.17) is 5.73 Å². The van der Waals surface area contributed by atoms with Gasteiger partial charge in [-0.25, -0.2) is 13.1 Å². The third-order valence-corrected chi connectivity index (χ3v) is 7.00. The molecule has 1 unspecified atom stereocenters. The molecule has 2 aromatic rings. The highest BCUT2D eigenvalue weighted by atomic mass is 79.9. The Kier molecular flexibility index (Phi) is 5.21. The van der Waals surface area contributed by atoms with E-state index in [0.717, 1.165) is 16.0 Å². The molecule has 2 rings (SSSR count). The van der Waals surface area contributed by atoms with Gasteiger partial charge in [-0.15, -0.1) is 11.3 Å². The fourth-order valence-electron chi connectivity index (χ4n) is 2.11. The van der Waals surface area contributed by atoms with Gasteiger partial charge >= 0.3 is 0 Å². The summed E-state index contributed by atoms with van der Waals surface area (Å²) in [5.41, 5.74) is 7.58. The maximum absolute atomic E-state index is 12.5. The molecule has 0 radical (unpaired) electrons. The normalized spacial score (nSPS) is 13.3. The highest BCUT2D eigenvalue weighted by Gasteiger charge is 2.23. The molecule has 1 atom stereocenters. The summed E-state index contributed by atoms with van der Waals surface area (Å²) in [5, 5.41) is 0. The number of nitrogens with two attached hydrogens (primary N) is 1. The fourth-order valence-corrected chi connectivity index (χ4v) is 5.90. The van der Waals surface area contributed by atoms with Crippen molar-refractivity contribution in [2.24, 2.45) is 5.73 Å². The Morgan fingerprint density at radius 1 is 1.38 bits per heavy atom. The summed E-state index contributed by atoms with van der Waals surface area (Å²) in [7, 11) is -3.59. The predicted octanol–water partition coefficient (Wildman–Crippen LogP) is 3.32. The van der Waals surface area contributed by atoms with Crippen LogP contribution in [0.25, 0.3) is 0 Å². The van der Waals surface area contributed by atoms with Crippen molar-refractivity contribution in [2.75, 3.05) is 0 Å². The molecular formula is C14H17BrN2O2S2. The van der Waals surface area contributed by atoms with Crippen LogP contribution in [-0.2, 0) is 16.6 Å². The fraction of sp³-hybridized carbons (Fsp3) is 0.286. The van der Waals surface area contributed by atoms with E-state index in [0.29, 0.717) is 10.3 Å². The van der Waals surface area contributed by atoms with Gasteiger partial charge in [0.25, 0.3) is 0 Å². The van der Waals surface area contributed by atoms with Gasteiger partial charge in [0.05, 0.1) is 3.79 Å². The summed E-state index contributed by atoms with van der Waals surface area (Å²) in [6, 6.07) is 9.04. The van der Waals surface area contributed by atoms with Gasteiger partial charge in [-0.05, 0) is 47.0 Å². The number of nitrogens with one attached hydrogen (secondary N) is 1. The standard InChI is InChI=1S/C14H17BrN2O2S2/c1-9-5-3-4-6-12(9)10(2)17-21(18,19)13-7-11(8-16)20-14(13)15/h3-7,10,17H,8,16H2,1-2H3. The highest BCUT2D eigenvalue weighted by Crippen LogP contribution is 2.32. The first-order chi connectivity index (χ1) is 9.85. The third kappa shape index (κ3) is 3.73. The zero-order chi connectivity index (χ0) is 15.6. The first-order valence-electron chi connectivity index (χ1n) is 6.41. The molecule has 3 N–H and O–H groups in total. The first kappa shape index (κ1) is 16.6. The third-order valence-electron chi connectivity index (χ3n) is 3.18. The second-order valence-electron chi connectivity index (χ2n) is 4.75. The molecule has 0 saturated heterocycles. The van der Waals surface area contributed by atoms with Gasteiger partial charge in [-0.3, -0.25) is 0 Å². The van der Waals surface area contributed by atoms with E-state index in [1.54, 1.807) is 6.07 Å². The number of thiophene rings is 1. The Bertz CT molecular complexity index is 741. The van der Waals surface area contributed by atoms with Crippen molar-refractivity contribution in [1.29, 1.82) is 0 Å². The number of rotatable bonds is 5. The van der Waals surface area contributed by atoms with Crippen molar-refractivity contribution in [3.63, 3.8) is 0 Å². The minimum Gasteiger partial charge on any atom is -0.326 e. The number of hydrogen-bond donors (Lipinski definition) is 2. The van der Waals surface area contributed by atoms with Crippen LogP contribution in [0.2, 0.25) is 0 Å². The van der Waals surface area contributed by atoms with Crippen LogP contribution >= 0.6 is 27.3 Å². The molecular weight excluding hydrogens is 372 g/mol. The maximum atomic E-state index is 12.5. The molecule has 21 heavy (non-hydrogen) atoms. The Morgan fingerprint density at radius 2 is 2.05 bits per heavy atom. The van der Waals surface area contributed by atoms with Crippen LogP contribution in [0.4, 0.5) is 0 Å². The molecule has 7 heteroatoms. The second-order valence-corrected chi connectivity index (χ2v) is 8.89. The number of aryl methyl sites for hydroxylation is 1. The lowest BCUT2D eigenvalue weighted by molar-refractivity contribution is 0.566. The molecule has 114 valence electrons. The molecule has 1 aromatic carbocycles. The molecule has 1 heterocycles. The molecule has 0 aliphatic carbocycles. The Labute approximate surface area is 137 Å². The van der Waals surface area contributed by atoms with Crippen molar-refractivity contribution >= 4 is 37.3 Å². The van der Waals surface area contributed by atoms with Crippen molar-refractivity contribution in [2.45, 2.75) is 31.3 Å². The molecule has 1 aromatic heterocycles. The molecule has 0 saturated carbocycles. The van der Waals surface area contributed by atoms with E-state index in [-0.39, 0.29) is 10.9 Å². The van der Waals surface area contributed by atoms with Crippen LogP contribution in [0.1, 0.15) is 29.0 Å². The van der Waals surface area contributed by atoms with Gasteiger partial charge in [-0.1, -0.05) is 24.3 Å². The van der Waals surface area contributed by atoms with Crippen molar-refractivity contribution in [3.05, 3.63) is 50.1 Å². The highest BCUT2D eigenvalue weighted by molar-refractivity contribution is 9.11. The van der Waals surface area contributed by atoms with Crippen molar-refractivity contribution in [3.8, 4) is 0 Å². The van der Waals surface area contributed by atoms with Crippen molar-refractivity contribution < 1.29 is 8.42 Å². The topological polar surface area (TPSA) is 72.2 Å². The van der Waals surface area contributed by atoms with E-state index >= 15 is 0 Å².